The molecular formula is C13H18F3NO. The Kier molecular flexibility index (Phi) is 5.16. The van der Waals surface area contributed by atoms with Crippen LogP contribution in [0.15, 0.2) is 24.3 Å². The molecule has 0 bridgehead atoms. The van der Waals surface area contributed by atoms with E-state index in [-0.39, 0.29) is 0 Å². The Morgan fingerprint density at radius 3 is 2.22 bits per heavy atom. The molecule has 102 valence electrons. The zero-order chi connectivity index (χ0) is 13.8. The van der Waals surface area contributed by atoms with Crippen LogP contribution in [-0.4, -0.2) is 29.7 Å². The highest BCUT2D eigenvalue weighted by Gasteiger charge is 2.29. The number of rotatable bonds is 5. The first-order chi connectivity index (χ1) is 8.32. The largest absolute Gasteiger partial charge is 0.416 e. The number of aliphatic hydroxyl groups excluding tert-OH is 1. The van der Waals surface area contributed by atoms with Crippen LogP contribution in [0, 0.1) is 0 Å². The number of aliphatic hydroxyl groups is 1. The second-order valence-corrected chi connectivity index (χ2v) is 4.45. The molecule has 1 aromatic rings. The van der Waals surface area contributed by atoms with Crippen molar-refractivity contribution in [2.24, 2.45) is 0 Å². The molecule has 0 saturated heterocycles. The third-order valence-electron chi connectivity index (χ3n) is 2.73. The monoisotopic (exact) mass is 261 g/mol. The third-order valence-corrected chi connectivity index (χ3v) is 2.73. The van der Waals surface area contributed by atoms with Gasteiger partial charge in [-0.3, -0.25) is 4.90 Å². The standard InChI is InChI=1S/C13H18F3NO/c1-3-12(18)9-17(2)8-10-4-6-11(7-5-10)13(14,15)16/h4-7,12,18H,3,8-9H2,1-2H3/t12-/m1/s1. The number of likely N-dealkylation sites (N-methyl/N-ethyl adjacent to an activating group) is 1. The van der Waals surface area contributed by atoms with Gasteiger partial charge in [-0.2, -0.15) is 13.2 Å². The van der Waals surface area contributed by atoms with Gasteiger partial charge in [0.15, 0.2) is 0 Å². The van der Waals surface area contributed by atoms with Crippen molar-refractivity contribution in [2.45, 2.75) is 32.2 Å². The van der Waals surface area contributed by atoms with Crippen LogP contribution in [0.5, 0.6) is 0 Å². The molecule has 5 heteroatoms. The molecule has 0 heterocycles. The van der Waals surface area contributed by atoms with Crippen molar-refractivity contribution in [1.29, 1.82) is 0 Å². The van der Waals surface area contributed by atoms with Gasteiger partial charge in [-0.15, -0.1) is 0 Å². The van der Waals surface area contributed by atoms with E-state index in [0.717, 1.165) is 17.7 Å². The first-order valence-electron chi connectivity index (χ1n) is 5.85. The Bertz CT molecular complexity index is 361. The molecule has 1 N–H and O–H groups in total. The summed E-state index contributed by atoms with van der Waals surface area (Å²) >= 11 is 0. The summed E-state index contributed by atoms with van der Waals surface area (Å²) in [5, 5.41) is 9.47. The molecule has 1 atom stereocenters. The van der Waals surface area contributed by atoms with E-state index >= 15 is 0 Å². The lowest BCUT2D eigenvalue weighted by Gasteiger charge is -2.20. The SMILES string of the molecule is CC[C@@H](O)CN(C)Cc1ccc(C(F)(F)F)cc1. The summed E-state index contributed by atoms with van der Waals surface area (Å²) in [7, 11) is 1.83. The van der Waals surface area contributed by atoms with Gasteiger partial charge in [0.25, 0.3) is 0 Å². The Morgan fingerprint density at radius 2 is 1.78 bits per heavy atom. The molecule has 0 aliphatic rings. The smallest absolute Gasteiger partial charge is 0.392 e. The molecule has 0 fully saturated rings. The molecule has 0 radical (unpaired) electrons. The van der Waals surface area contributed by atoms with Crippen LogP contribution in [0.3, 0.4) is 0 Å². The van der Waals surface area contributed by atoms with Crippen LogP contribution in [0.1, 0.15) is 24.5 Å². The molecule has 0 saturated carbocycles. The lowest BCUT2D eigenvalue weighted by Crippen LogP contribution is -2.28. The van der Waals surface area contributed by atoms with Gasteiger partial charge >= 0.3 is 6.18 Å². The van der Waals surface area contributed by atoms with Crippen LogP contribution in [0.25, 0.3) is 0 Å². The Balaban J connectivity index is 2.58. The van der Waals surface area contributed by atoms with E-state index in [1.54, 1.807) is 0 Å². The van der Waals surface area contributed by atoms with E-state index < -0.39 is 17.8 Å². The second-order valence-electron chi connectivity index (χ2n) is 4.45. The van der Waals surface area contributed by atoms with Crippen molar-refractivity contribution >= 4 is 0 Å². The summed E-state index contributed by atoms with van der Waals surface area (Å²) in [6.45, 7) is 2.92. The van der Waals surface area contributed by atoms with Gasteiger partial charge < -0.3 is 5.11 Å². The van der Waals surface area contributed by atoms with Crippen molar-refractivity contribution in [3.05, 3.63) is 35.4 Å². The van der Waals surface area contributed by atoms with Gasteiger partial charge in [0.2, 0.25) is 0 Å². The molecule has 0 amide bonds. The van der Waals surface area contributed by atoms with Crippen molar-refractivity contribution in [3.63, 3.8) is 0 Å². The van der Waals surface area contributed by atoms with Gasteiger partial charge in [0.05, 0.1) is 11.7 Å². The summed E-state index contributed by atoms with van der Waals surface area (Å²) in [5.41, 5.74) is 0.163. The van der Waals surface area contributed by atoms with Crippen LogP contribution in [0.4, 0.5) is 13.2 Å². The molecule has 2 nitrogen and oxygen atoms in total. The molecular weight excluding hydrogens is 243 g/mol. The maximum absolute atomic E-state index is 12.4. The van der Waals surface area contributed by atoms with Crippen molar-refractivity contribution in [3.8, 4) is 0 Å². The average molecular weight is 261 g/mol. The molecule has 0 spiro atoms. The van der Waals surface area contributed by atoms with E-state index in [1.807, 2.05) is 18.9 Å². The number of benzene rings is 1. The highest BCUT2D eigenvalue weighted by atomic mass is 19.4. The van der Waals surface area contributed by atoms with Crippen LogP contribution < -0.4 is 0 Å². The van der Waals surface area contributed by atoms with Gasteiger partial charge in [0.1, 0.15) is 0 Å². The van der Waals surface area contributed by atoms with Crippen LogP contribution in [-0.2, 0) is 12.7 Å². The summed E-state index contributed by atoms with van der Waals surface area (Å²) in [6.07, 6.45) is -4.02. The summed E-state index contributed by atoms with van der Waals surface area (Å²) in [6, 6.07) is 5.11. The van der Waals surface area contributed by atoms with Crippen molar-refractivity contribution in [1.82, 2.24) is 4.90 Å². The summed E-state index contributed by atoms with van der Waals surface area (Å²) in [4.78, 5) is 1.89. The molecule has 0 aliphatic heterocycles. The molecule has 0 aliphatic carbocycles. The highest BCUT2D eigenvalue weighted by molar-refractivity contribution is 5.24. The molecule has 1 aromatic carbocycles. The lowest BCUT2D eigenvalue weighted by molar-refractivity contribution is -0.137. The van der Waals surface area contributed by atoms with Gasteiger partial charge in [-0.25, -0.2) is 0 Å². The minimum atomic E-state index is -4.29. The zero-order valence-electron chi connectivity index (χ0n) is 10.5. The fourth-order valence-electron chi connectivity index (χ4n) is 1.66. The van der Waals surface area contributed by atoms with Crippen molar-refractivity contribution in [2.75, 3.05) is 13.6 Å². The number of hydrogen-bond acceptors (Lipinski definition) is 2. The average Bonchev–Trinajstić information content (AvgIpc) is 2.28. The van der Waals surface area contributed by atoms with E-state index in [0.29, 0.717) is 19.5 Å². The van der Waals surface area contributed by atoms with Crippen LogP contribution in [0.2, 0.25) is 0 Å². The molecule has 0 unspecified atom stereocenters. The molecule has 18 heavy (non-hydrogen) atoms. The quantitative estimate of drug-likeness (QED) is 0.881. The minimum absolute atomic E-state index is 0.399. The third kappa shape index (κ3) is 4.66. The number of nitrogens with zero attached hydrogens (tertiary/aromatic N) is 1. The van der Waals surface area contributed by atoms with Gasteiger partial charge in [0, 0.05) is 13.1 Å². The van der Waals surface area contributed by atoms with E-state index in [9.17, 15) is 18.3 Å². The molecule has 1 rings (SSSR count). The summed E-state index contributed by atoms with van der Waals surface area (Å²) in [5.74, 6) is 0. The predicted molar refractivity (Wildman–Crippen MR) is 64.1 cm³/mol. The van der Waals surface area contributed by atoms with Crippen LogP contribution >= 0.6 is 0 Å². The summed E-state index contributed by atoms with van der Waals surface area (Å²) < 4.78 is 37.1. The zero-order valence-corrected chi connectivity index (χ0v) is 10.5. The fourth-order valence-corrected chi connectivity index (χ4v) is 1.66. The second kappa shape index (κ2) is 6.20. The normalized spacial score (nSPS) is 13.9. The predicted octanol–water partition coefficient (Wildman–Crippen LogP) is 2.91. The number of alkyl halides is 3. The number of hydrogen-bond donors (Lipinski definition) is 1. The van der Waals surface area contributed by atoms with Gasteiger partial charge in [-0.1, -0.05) is 19.1 Å². The number of halogens is 3. The van der Waals surface area contributed by atoms with Crippen molar-refractivity contribution < 1.29 is 18.3 Å². The molecule has 0 aromatic heterocycles. The maximum Gasteiger partial charge on any atom is 0.416 e. The van der Waals surface area contributed by atoms with Gasteiger partial charge in [-0.05, 0) is 31.2 Å². The van der Waals surface area contributed by atoms with E-state index in [2.05, 4.69) is 0 Å². The van der Waals surface area contributed by atoms with E-state index in [1.165, 1.54) is 12.1 Å². The Morgan fingerprint density at radius 1 is 1.22 bits per heavy atom. The topological polar surface area (TPSA) is 23.5 Å². The fraction of sp³-hybridized carbons (Fsp3) is 0.538. The lowest BCUT2D eigenvalue weighted by atomic mass is 10.1. The highest BCUT2D eigenvalue weighted by Crippen LogP contribution is 2.29. The first kappa shape index (κ1) is 15.0. The Hall–Kier alpha value is -1.07. The Labute approximate surface area is 105 Å². The maximum atomic E-state index is 12.4. The van der Waals surface area contributed by atoms with E-state index in [4.69, 9.17) is 0 Å². The first-order valence-corrected chi connectivity index (χ1v) is 5.85. The minimum Gasteiger partial charge on any atom is -0.392 e.